The van der Waals surface area contributed by atoms with E-state index in [0.717, 1.165) is 11.1 Å². The molecule has 0 unspecified atom stereocenters. The summed E-state index contributed by atoms with van der Waals surface area (Å²) in [7, 11) is 0. The Labute approximate surface area is 168 Å². The van der Waals surface area contributed by atoms with Crippen LogP contribution >= 0.6 is 0 Å². The number of hydrogen-bond acceptors (Lipinski definition) is 3. The first-order valence-electron chi connectivity index (χ1n) is 10.2. The van der Waals surface area contributed by atoms with E-state index in [-0.39, 0.29) is 18.0 Å². The quantitative estimate of drug-likeness (QED) is 0.724. The second-order valence-electron chi connectivity index (χ2n) is 7.41. The van der Waals surface area contributed by atoms with E-state index in [1.165, 1.54) is 0 Å². The van der Waals surface area contributed by atoms with Gasteiger partial charge in [-0.3, -0.25) is 4.79 Å². The average molecular weight is 379 g/mol. The number of benzene rings is 2. The van der Waals surface area contributed by atoms with Crippen molar-refractivity contribution in [2.75, 3.05) is 6.61 Å². The van der Waals surface area contributed by atoms with Crippen LogP contribution in [0.4, 0.5) is 0 Å². The van der Waals surface area contributed by atoms with E-state index >= 15 is 0 Å². The first kappa shape index (κ1) is 20.1. The summed E-state index contributed by atoms with van der Waals surface area (Å²) in [6.07, 6.45) is 1.20. The van der Waals surface area contributed by atoms with Crippen molar-refractivity contribution in [3.8, 4) is 0 Å². The van der Waals surface area contributed by atoms with Gasteiger partial charge in [-0.1, -0.05) is 67.6 Å². The first-order valence-corrected chi connectivity index (χ1v) is 10.2. The highest BCUT2D eigenvalue weighted by atomic mass is 16.5. The fraction of sp³-hybridized carbons (Fsp3) is 0.417. The molecule has 4 nitrogen and oxygen atoms in total. The molecule has 0 N–H and O–H groups in total. The lowest BCUT2D eigenvalue weighted by Gasteiger charge is -2.45. The minimum Gasteiger partial charge on any atom is -0.480 e. The van der Waals surface area contributed by atoms with Crippen molar-refractivity contribution in [3.63, 3.8) is 0 Å². The third-order valence-electron chi connectivity index (χ3n) is 5.65. The van der Waals surface area contributed by atoms with E-state index in [2.05, 4.69) is 31.2 Å². The number of aliphatic imine (C=N–C) groups is 1. The van der Waals surface area contributed by atoms with Gasteiger partial charge in [-0.05, 0) is 38.3 Å². The van der Waals surface area contributed by atoms with E-state index in [1.807, 2.05) is 62.1 Å². The van der Waals surface area contributed by atoms with Crippen LogP contribution < -0.4 is 0 Å². The number of nitrogens with zero attached hydrogens (tertiary/aromatic N) is 2. The minimum absolute atomic E-state index is 0.0589. The van der Waals surface area contributed by atoms with Crippen molar-refractivity contribution < 1.29 is 9.53 Å². The number of amides is 1. The minimum atomic E-state index is -0.832. The molecule has 0 aromatic heterocycles. The van der Waals surface area contributed by atoms with Gasteiger partial charge in [-0.25, -0.2) is 4.99 Å². The zero-order valence-electron chi connectivity index (χ0n) is 17.3. The maximum atomic E-state index is 13.8. The summed E-state index contributed by atoms with van der Waals surface area (Å²) < 4.78 is 5.91. The normalized spacial score (nSPS) is 23.3. The van der Waals surface area contributed by atoms with Gasteiger partial charge in [0, 0.05) is 6.42 Å². The van der Waals surface area contributed by atoms with Crippen molar-refractivity contribution in [2.24, 2.45) is 4.99 Å². The Balaban J connectivity index is 2.04. The highest BCUT2D eigenvalue weighted by molar-refractivity contribution is 5.98. The number of rotatable bonds is 6. The van der Waals surface area contributed by atoms with Crippen LogP contribution in [0.3, 0.4) is 0 Å². The number of carbonyl (C=O) groups is 1. The van der Waals surface area contributed by atoms with Crippen molar-refractivity contribution in [1.82, 2.24) is 4.90 Å². The molecule has 0 saturated heterocycles. The number of ether oxygens (including phenoxy) is 1. The van der Waals surface area contributed by atoms with Gasteiger partial charge in [-0.15, -0.1) is 0 Å². The van der Waals surface area contributed by atoms with Gasteiger partial charge in [0.1, 0.15) is 11.6 Å². The molecular weight excluding hydrogens is 348 g/mol. The van der Waals surface area contributed by atoms with Gasteiger partial charge in [-0.2, -0.15) is 0 Å². The molecule has 0 spiro atoms. The first-order chi connectivity index (χ1) is 13.5. The Morgan fingerprint density at radius 1 is 1.07 bits per heavy atom. The molecule has 0 aliphatic carbocycles. The zero-order chi connectivity index (χ0) is 20.1. The van der Waals surface area contributed by atoms with E-state index in [1.54, 1.807) is 0 Å². The summed E-state index contributed by atoms with van der Waals surface area (Å²) in [5, 5.41) is 0. The molecule has 0 saturated carbocycles. The Kier molecular flexibility index (Phi) is 6.18. The molecule has 2 aromatic carbocycles. The van der Waals surface area contributed by atoms with Crippen molar-refractivity contribution in [2.45, 2.75) is 58.2 Å². The monoisotopic (exact) mass is 378 g/mol. The molecule has 1 amide bonds. The van der Waals surface area contributed by atoms with E-state index < -0.39 is 5.54 Å². The topological polar surface area (TPSA) is 41.9 Å². The van der Waals surface area contributed by atoms with Gasteiger partial charge in [0.25, 0.3) is 5.91 Å². The Morgan fingerprint density at radius 3 is 2.25 bits per heavy atom. The molecule has 1 heterocycles. The molecule has 3 rings (SSSR count). The molecule has 4 heteroatoms. The molecule has 1 aliphatic heterocycles. The summed E-state index contributed by atoms with van der Waals surface area (Å²) in [6.45, 7) is 8.63. The predicted molar refractivity (Wildman–Crippen MR) is 113 cm³/mol. The largest absolute Gasteiger partial charge is 0.480 e. The Hall–Kier alpha value is -2.62. The second-order valence-corrected chi connectivity index (χ2v) is 7.41. The predicted octanol–water partition coefficient (Wildman–Crippen LogP) is 4.80. The third kappa shape index (κ3) is 3.82. The lowest BCUT2D eigenvalue weighted by molar-refractivity contribution is -0.142. The highest BCUT2D eigenvalue weighted by Gasteiger charge is 2.48. The smallest absolute Gasteiger partial charge is 0.252 e. The fourth-order valence-electron chi connectivity index (χ4n) is 4.00. The number of carbonyl (C=O) groups excluding carboxylic acids is 1. The van der Waals surface area contributed by atoms with Crippen LogP contribution in [0.2, 0.25) is 0 Å². The highest BCUT2D eigenvalue weighted by Crippen LogP contribution is 2.35. The summed E-state index contributed by atoms with van der Waals surface area (Å²) in [4.78, 5) is 20.7. The van der Waals surface area contributed by atoms with E-state index in [9.17, 15) is 4.79 Å². The van der Waals surface area contributed by atoms with Gasteiger partial charge in [0.05, 0.1) is 12.6 Å². The van der Waals surface area contributed by atoms with Crippen molar-refractivity contribution in [1.29, 1.82) is 0 Å². The maximum absolute atomic E-state index is 13.8. The molecule has 3 atom stereocenters. The van der Waals surface area contributed by atoms with Gasteiger partial charge in [0.2, 0.25) is 5.90 Å². The van der Waals surface area contributed by atoms with Crippen molar-refractivity contribution >= 4 is 11.8 Å². The van der Waals surface area contributed by atoms with Gasteiger partial charge >= 0.3 is 0 Å². The zero-order valence-corrected chi connectivity index (χ0v) is 17.3. The number of hydrogen-bond donors (Lipinski definition) is 0. The second kappa shape index (κ2) is 8.59. The van der Waals surface area contributed by atoms with Gasteiger partial charge in [0.15, 0.2) is 0 Å². The van der Waals surface area contributed by atoms with Crippen LogP contribution in [0.1, 0.15) is 51.3 Å². The van der Waals surface area contributed by atoms with Crippen molar-refractivity contribution in [3.05, 3.63) is 71.8 Å². The fourth-order valence-corrected chi connectivity index (χ4v) is 4.00. The maximum Gasteiger partial charge on any atom is 0.252 e. The molecule has 148 valence electrons. The van der Waals surface area contributed by atoms with Crippen LogP contribution in [0.5, 0.6) is 0 Å². The molecular formula is C24H30N2O2. The molecule has 0 fully saturated rings. The standard InChI is InChI=1S/C24H30N2O2/c1-5-24(17-20-13-9-7-10-14-20)23(27)26(19(4)22(25-24)28-6-2)18(3)21-15-11-8-12-16-21/h7-16,18-19H,5-6,17H2,1-4H3/t18-,19+,24+/m0/s1. The Morgan fingerprint density at radius 2 is 1.68 bits per heavy atom. The molecule has 1 aliphatic rings. The summed E-state index contributed by atoms with van der Waals surface area (Å²) >= 11 is 0. The van der Waals surface area contributed by atoms with E-state index in [4.69, 9.17) is 9.73 Å². The van der Waals surface area contributed by atoms with E-state index in [0.29, 0.717) is 25.3 Å². The summed E-state index contributed by atoms with van der Waals surface area (Å²) in [5.74, 6) is 0.730. The van der Waals surface area contributed by atoms with Crippen LogP contribution in [-0.2, 0) is 16.0 Å². The summed E-state index contributed by atoms with van der Waals surface area (Å²) in [5.41, 5.74) is 1.39. The molecule has 2 aromatic rings. The lowest BCUT2D eigenvalue weighted by Crippen LogP contribution is -2.59. The van der Waals surface area contributed by atoms with Crippen LogP contribution in [-0.4, -0.2) is 34.9 Å². The average Bonchev–Trinajstić information content (AvgIpc) is 2.73. The SMILES string of the molecule is CCOC1=N[C@](CC)(Cc2ccccc2)C(=O)N([C@@H](C)c2ccccc2)[C@@H]1C. The van der Waals surface area contributed by atoms with Crippen LogP contribution in [0.15, 0.2) is 65.7 Å². The molecule has 0 radical (unpaired) electrons. The van der Waals surface area contributed by atoms with Gasteiger partial charge < -0.3 is 9.64 Å². The molecule has 0 bridgehead atoms. The third-order valence-corrected chi connectivity index (χ3v) is 5.65. The molecule has 28 heavy (non-hydrogen) atoms. The van der Waals surface area contributed by atoms with Crippen LogP contribution in [0, 0.1) is 0 Å². The van der Waals surface area contributed by atoms with Crippen LogP contribution in [0.25, 0.3) is 0 Å². The summed E-state index contributed by atoms with van der Waals surface area (Å²) in [6, 6.07) is 20.0. The lowest BCUT2D eigenvalue weighted by atomic mass is 9.84. The Bertz CT molecular complexity index is 819.